The summed E-state index contributed by atoms with van der Waals surface area (Å²) in [7, 11) is 0. The van der Waals surface area contributed by atoms with E-state index in [-0.39, 0.29) is 35.8 Å². The summed E-state index contributed by atoms with van der Waals surface area (Å²) < 4.78 is 5.45. The van der Waals surface area contributed by atoms with Crippen LogP contribution in [0.3, 0.4) is 0 Å². The van der Waals surface area contributed by atoms with Crippen LogP contribution >= 0.6 is 0 Å². The fourth-order valence-corrected chi connectivity index (χ4v) is 4.96. The van der Waals surface area contributed by atoms with Gasteiger partial charge in [-0.1, -0.05) is 18.2 Å². The zero-order valence-electron chi connectivity index (χ0n) is 22.1. The van der Waals surface area contributed by atoms with Gasteiger partial charge in [0.05, 0.1) is 0 Å². The zero-order valence-corrected chi connectivity index (χ0v) is 22.1. The monoisotopic (exact) mass is 514 g/mol. The fourth-order valence-electron chi connectivity index (χ4n) is 4.96. The first-order valence-corrected chi connectivity index (χ1v) is 13.2. The summed E-state index contributed by atoms with van der Waals surface area (Å²) in [5.41, 5.74) is 1.83. The average molecular weight is 515 g/mol. The quantitative estimate of drug-likeness (QED) is 0.493. The van der Waals surface area contributed by atoms with Gasteiger partial charge < -0.3 is 20.3 Å². The highest BCUT2D eigenvalue weighted by atomic mass is 16.6. The maximum atomic E-state index is 13.0. The number of aromatic nitrogens is 1. The lowest BCUT2D eigenvalue weighted by atomic mass is 10.0. The molecule has 2 heterocycles. The molecular weight excluding hydrogens is 480 g/mol. The number of fused-ring (bicyclic) bond motifs is 1. The number of carbonyl (C=O) groups excluding carboxylic acids is 3. The third kappa shape index (κ3) is 6.13. The van der Waals surface area contributed by atoms with E-state index in [0.717, 1.165) is 28.4 Å². The molecule has 8 heteroatoms. The smallest absolute Gasteiger partial charge is 0.410 e. The third-order valence-corrected chi connectivity index (χ3v) is 7.09. The lowest BCUT2D eigenvalue weighted by Crippen LogP contribution is -2.47. The molecule has 5 rings (SSSR count). The predicted octanol–water partition coefficient (Wildman–Crippen LogP) is 5.11. The maximum Gasteiger partial charge on any atom is 0.410 e. The van der Waals surface area contributed by atoms with Crippen molar-refractivity contribution < 1.29 is 19.1 Å². The summed E-state index contributed by atoms with van der Waals surface area (Å²) in [6, 6.07) is 15.3. The van der Waals surface area contributed by atoms with Crippen molar-refractivity contribution in [2.45, 2.75) is 57.6 Å². The molecule has 1 aromatic heterocycles. The lowest BCUT2D eigenvalue weighted by Gasteiger charge is -2.33. The van der Waals surface area contributed by atoms with Gasteiger partial charge in [0, 0.05) is 54.1 Å². The molecule has 0 bridgehead atoms. The Morgan fingerprint density at radius 1 is 1.00 bits per heavy atom. The van der Waals surface area contributed by atoms with Crippen molar-refractivity contribution in [1.29, 1.82) is 0 Å². The number of benzene rings is 2. The molecule has 1 saturated carbocycles. The number of hydrogen-bond acceptors (Lipinski definition) is 5. The second-order valence-corrected chi connectivity index (χ2v) is 11.2. The van der Waals surface area contributed by atoms with Gasteiger partial charge in [-0.05, 0) is 87.2 Å². The van der Waals surface area contributed by atoms with Gasteiger partial charge in [0.15, 0.2) is 0 Å². The van der Waals surface area contributed by atoms with Crippen LogP contribution in [0.2, 0.25) is 0 Å². The van der Waals surface area contributed by atoms with Crippen molar-refractivity contribution in [3.05, 3.63) is 72.1 Å². The van der Waals surface area contributed by atoms with Gasteiger partial charge in [-0.25, -0.2) is 4.79 Å². The van der Waals surface area contributed by atoms with Crippen LogP contribution in [0.5, 0.6) is 0 Å². The molecule has 3 aromatic rings. The van der Waals surface area contributed by atoms with E-state index in [9.17, 15) is 14.4 Å². The van der Waals surface area contributed by atoms with Crippen LogP contribution in [0.15, 0.2) is 60.9 Å². The van der Waals surface area contributed by atoms with E-state index < -0.39 is 5.60 Å². The zero-order chi connectivity index (χ0) is 26.9. The lowest BCUT2D eigenvalue weighted by molar-refractivity contribution is -0.117. The molecular formula is C30H34N4O4. The number of rotatable bonds is 5. The SMILES string of the molecule is CC(C)(C)OC(=O)N1CCC(NC(=O)c2cccc([C@@H]3C[C@H]3C(=O)Nc3ccc4cnccc4c3)c2)CC1. The fraction of sp³-hybridized carbons (Fsp3) is 0.400. The maximum absolute atomic E-state index is 13.0. The Labute approximate surface area is 222 Å². The van der Waals surface area contributed by atoms with Crippen LogP contribution in [0.1, 0.15) is 61.9 Å². The van der Waals surface area contributed by atoms with Crippen molar-refractivity contribution in [3.63, 3.8) is 0 Å². The van der Waals surface area contributed by atoms with Crippen molar-refractivity contribution in [2.75, 3.05) is 18.4 Å². The number of piperidine rings is 1. The summed E-state index contributed by atoms with van der Waals surface area (Å²) in [4.78, 5) is 44.0. The molecule has 1 aliphatic carbocycles. The number of hydrogen-bond donors (Lipinski definition) is 2. The first-order valence-electron chi connectivity index (χ1n) is 13.2. The van der Waals surface area contributed by atoms with Crippen molar-refractivity contribution >= 4 is 34.4 Å². The van der Waals surface area contributed by atoms with Gasteiger partial charge in [-0.2, -0.15) is 0 Å². The van der Waals surface area contributed by atoms with Gasteiger partial charge in [0.1, 0.15) is 5.60 Å². The van der Waals surface area contributed by atoms with Crippen molar-refractivity contribution in [1.82, 2.24) is 15.2 Å². The minimum absolute atomic E-state index is 0.00188. The number of ether oxygens (including phenoxy) is 1. The van der Waals surface area contributed by atoms with Gasteiger partial charge in [0.25, 0.3) is 5.91 Å². The second kappa shape index (κ2) is 10.4. The first kappa shape index (κ1) is 25.7. The number of anilines is 1. The van der Waals surface area contributed by atoms with Gasteiger partial charge in [-0.15, -0.1) is 0 Å². The normalized spacial score (nSPS) is 19.6. The Bertz CT molecular complexity index is 1360. The van der Waals surface area contributed by atoms with Crippen molar-refractivity contribution in [2.24, 2.45) is 5.92 Å². The van der Waals surface area contributed by atoms with Crippen LogP contribution in [0.25, 0.3) is 10.8 Å². The predicted molar refractivity (Wildman–Crippen MR) is 146 cm³/mol. The van der Waals surface area contributed by atoms with Crippen LogP contribution in [0.4, 0.5) is 10.5 Å². The molecule has 1 saturated heterocycles. The molecule has 2 fully saturated rings. The van der Waals surface area contributed by atoms with E-state index in [1.54, 1.807) is 23.4 Å². The highest BCUT2D eigenvalue weighted by Crippen LogP contribution is 2.48. The van der Waals surface area contributed by atoms with Gasteiger partial charge in [0.2, 0.25) is 5.91 Å². The van der Waals surface area contributed by atoms with E-state index >= 15 is 0 Å². The number of nitrogens with zero attached hydrogens (tertiary/aromatic N) is 2. The Morgan fingerprint density at radius 2 is 1.79 bits per heavy atom. The second-order valence-electron chi connectivity index (χ2n) is 11.2. The molecule has 1 aliphatic heterocycles. The van der Waals surface area contributed by atoms with Gasteiger partial charge in [-0.3, -0.25) is 14.6 Å². The summed E-state index contributed by atoms with van der Waals surface area (Å²) in [6.45, 7) is 6.65. The summed E-state index contributed by atoms with van der Waals surface area (Å²) in [5, 5.41) is 8.20. The molecule has 2 N–H and O–H groups in total. The molecule has 0 unspecified atom stereocenters. The average Bonchev–Trinajstić information content (AvgIpc) is 3.69. The third-order valence-electron chi connectivity index (χ3n) is 7.09. The molecule has 2 aromatic carbocycles. The minimum atomic E-state index is -0.525. The Hall–Kier alpha value is -3.94. The van der Waals surface area contributed by atoms with E-state index in [2.05, 4.69) is 15.6 Å². The molecule has 8 nitrogen and oxygen atoms in total. The number of nitrogens with one attached hydrogen (secondary N) is 2. The van der Waals surface area contributed by atoms with Crippen LogP contribution in [-0.2, 0) is 9.53 Å². The summed E-state index contributed by atoms with van der Waals surface area (Å²) >= 11 is 0. The molecule has 3 amide bonds. The van der Waals surface area contributed by atoms with E-state index in [1.165, 1.54) is 0 Å². The standard InChI is InChI=1S/C30H34N4O4/c1-30(2,3)38-29(37)34-13-10-23(11-14-34)32-27(35)21-6-4-5-20(15-21)25-17-26(25)28(36)33-24-8-7-22-18-31-12-9-19(22)16-24/h4-9,12,15-16,18,23,25-26H,10-11,13-14,17H2,1-3H3,(H,32,35)(H,33,36)/t25-,26+/m0/s1. The topological polar surface area (TPSA) is 101 Å². The van der Waals surface area contributed by atoms with Crippen molar-refractivity contribution in [3.8, 4) is 0 Å². The van der Waals surface area contributed by atoms with Crippen LogP contribution < -0.4 is 10.6 Å². The highest BCUT2D eigenvalue weighted by Gasteiger charge is 2.44. The number of amides is 3. The Morgan fingerprint density at radius 3 is 2.55 bits per heavy atom. The number of carbonyl (C=O) groups is 3. The van der Waals surface area contributed by atoms with Crippen LogP contribution in [-0.4, -0.2) is 52.5 Å². The van der Waals surface area contributed by atoms with E-state index in [1.807, 2.05) is 63.2 Å². The first-order chi connectivity index (χ1) is 18.2. The molecule has 198 valence electrons. The Kier molecular flexibility index (Phi) is 7.06. The number of pyridine rings is 1. The molecule has 0 radical (unpaired) electrons. The largest absolute Gasteiger partial charge is 0.444 e. The molecule has 2 atom stereocenters. The molecule has 38 heavy (non-hydrogen) atoms. The minimum Gasteiger partial charge on any atom is -0.444 e. The van der Waals surface area contributed by atoms with E-state index in [0.29, 0.717) is 31.5 Å². The van der Waals surface area contributed by atoms with E-state index in [4.69, 9.17) is 4.74 Å². The van der Waals surface area contributed by atoms with Gasteiger partial charge >= 0.3 is 6.09 Å². The Balaban J connectivity index is 1.13. The molecule has 0 spiro atoms. The summed E-state index contributed by atoms with van der Waals surface area (Å²) in [5.74, 6) is -0.145. The summed E-state index contributed by atoms with van der Waals surface area (Å²) in [6.07, 6.45) is 5.35. The number of likely N-dealkylation sites (tertiary alicyclic amines) is 1. The highest BCUT2D eigenvalue weighted by molar-refractivity contribution is 5.98. The molecule has 2 aliphatic rings. The van der Waals surface area contributed by atoms with Crippen LogP contribution in [0, 0.1) is 5.92 Å².